The van der Waals surface area contributed by atoms with Gasteiger partial charge in [0.2, 0.25) is 0 Å². The van der Waals surface area contributed by atoms with E-state index in [9.17, 15) is 14.3 Å². The Balaban J connectivity index is 1.19. The van der Waals surface area contributed by atoms with Gasteiger partial charge in [0.05, 0.1) is 17.3 Å². The third-order valence-corrected chi connectivity index (χ3v) is 10.5. The van der Waals surface area contributed by atoms with Crippen molar-refractivity contribution in [3.63, 3.8) is 0 Å². The summed E-state index contributed by atoms with van der Waals surface area (Å²) in [6.07, 6.45) is 11.9. The van der Waals surface area contributed by atoms with Gasteiger partial charge in [-0.25, -0.2) is 4.39 Å². The van der Waals surface area contributed by atoms with Crippen LogP contribution in [0.3, 0.4) is 0 Å². The molecule has 0 aliphatic heterocycles. The molecule has 4 nitrogen and oxygen atoms in total. The van der Waals surface area contributed by atoms with Crippen molar-refractivity contribution in [2.45, 2.75) is 83.8 Å². The highest BCUT2D eigenvalue weighted by molar-refractivity contribution is 5.85. The highest BCUT2D eigenvalue weighted by atomic mass is 19.1. The van der Waals surface area contributed by atoms with Gasteiger partial charge in [-0.1, -0.05) is 6.92 Å². The Morgan fingerprint density at radius 1 is 1.09 bits per heavy atom. The van der Waals surface area contributed by atoms with Gasteiger partial charge in [-0.05, 0) is 118 Å². The van der Waals surface area contributed by atoms with Crippen LogP contribution in [0.2, 0.25) is 0 Å². The van der Waals surface area contributed by atoms with E-state index < -0.39 is 5.60 Å². The van der Waals surface area contributed by atoms with Crippen LogP contribution in [0, 0.1) is 46.7 Å². The number of hydrogen-bond acceptors (Lipinski definition) is 3. The van der Waals surface area contributed by atoms with Gasteiger partial charge in [-0.3, -0.25) is 9.48 Å². The molecule has 4 saturated carbocycles. The summed E-state index contributed by atoms with van der Waals surface area (Å²) in [7, 11) is 0. The monoisotopic (exact) mass is 452 g/mol. The summed E-state index contributed by atoms with van der Waals surface area (Å²) in [6, 6.07) is 4.66. The first-order valence-corrected chi connectivity index (χ1v) is 13.1. The Kier molecular flexibility index (Phi) is 5.03. The van der Waals surface area contributed by atoms with Crippen LogP contribution in [-0.2, 0) is 11.3 Å². The Hall–Kier alpha value is -1.75. The van der Waals surface area contributed by atoms with Gasteiger partial charge in [0.25, 0.3) is 0 Å². The minimum Gasteiger partial charge on any atom is -0.390 e. The largest absolute Gasteiger partial charge is 0.390 e. The Labute approximate surface area is 195 Å². The summed E-state index contributed by atoms with van der Waals surface area (Å²) in [5.74, 6) is 3.79. The van der Waals surface area contributed by atoms with Crippen LogP contribution in [0.1, 0.15) is 71.6 Å². The fourth-order valence-electron chi connectivity index (χ4n) is 9.05. The van der Waals surface area contributed by atoms with E-state index in [0.717, 1.165) is 54.3 Å². The second kappa shape index (κ2) is 7.63. The van der Waals surface area contributed by atoms with Gasteiger partial charge >= 0.3 is 0 Å². The van der Waals surface area contributed by atoms with E-state index in [4.69, 9.17) is 0 Å². The molecule has 1 heterocycles. The number of nitrogens with zero attached hydrogens (tertiary/aromatic N) is 2. The molecule has 1 aromatic heterocycles. The van der Waals surface area contributed by atoms with E-state index in [-0.39, 0.29) is 23.7 Å². The van der Waals surface area contributed by atoms with E-state index >= 15 is 0 Å². The molecule has 0 saturated heterocycles. The number of carbonyl (C=O) groups excluding carboxylic acids is 1. The van der Waals surface area contributed by atoms with Crippen molar-refractivity contribution in [3.05, 3.63) is 30.2 Å². The molecule has 0 bridgehead atoms. The Morgan fingerprint density at radius 2 is 1.91 bits per heavy atom. The summed E-state index contributed by atoms with van der Waals surface area (Å²) in [5, 5.41) is 15.8. The van der Waals surface area contributed by atoms with Crippen molar-refractivity contribution in [2.24, 2.45) is 40.9 Å². The number of hydrogen-bond donors (Lipinski definition) is 1. The van der Waals surface area contributed by atoms with Crippen molar-refractivity contribution >= 4 is 16.7 Å². The van der Waals surface area contributed by atoms with E-state index in [1.54, 1.807) is 16.9 Å². The molecule has 0 amide bonds. The molecule has 178 valence electrons. The van der Waals surface area contributed by atoms with Crippen LogP contribution in [0.15, 0.2) is 24.4 Å². The first-order valence-electron chi connectivity index (χ1n) is 13.1. The third kappa shape index (κ3) is 3.48. The molecule has 1 N–H and O–H groups in total. The molecule has 33 heavy (non-hydrogen) atoms. The summed E-state index contributed by atoms with van der Waals surface area (Å²) in [4.78, 5) is 13.6. The average Bonchev–Trinajstić information content (AvgIpc) is 3.32. The zero-order chi connectivity index (χ0) is 23.0. The van der Waals surface area contributed by atoms with Crippen molar-refractivity contribution in [1.29, 1.82) is 0 Å². The van der Waals surface area contributed by atoms with E-state index in [1.807, 2.05) is 6.92 Å². The molecule has 4 fully saturated rings. The van der Waals surface area contributed by atoms with Crippen molar-refractivity contribution in [2.75, 3.05) is 0 Å². The molecular formula is C28H37FN2O2. The summed E-state index contributed by atoms with van der Waals surface area (Å²) >= 11 is 0. The lowest BCUT2D eigenvalue weighted by Crippen LogP contribution is -2.51. The summed E-state index contributed by atoms with van der Waals surface area (Å²) in [6.45, 7) is 4.72. The number of rotatable bonds is 3. The zero-order valence-corrected chi connectivity index (χ0v) is 20.0. The molecule has 4 aliphatic carbocycles. The molecular weight excluding hydrogens is 415 g/mol. The maximum atomic E-state index is 13.6. The van der Waals surface area contributed by atoms with Gasteiger partial charge in [-0.2, -0.15) is 5.10 Å². The predicted molar refractivity (Wildman–Crippen MR) is 126 cm³/mol. The fraction of sp³-hybridized carbons (Fsp3) is 0.714. The highest BCUT2D eigenvalue weighted by Crippen LogP contribution is 2.64. The first-order chi connectivity index (χ1) is 15.7. The minimum atomic E-state index is -0.468. The Morgan fingerprint density at radius 3 is 2.76 bits per heavy atom. The van der Waals surface area contributed by atoms with E-state index in [1.165, 1.54) is 44.2 Å². The normalized spacial score (nSPS) is 42.5. The van der Waals surface area contributed by atoms with Crippen LogP contribution >= 0.6 is 0 Å². The third-order valence-electron chi connectivity index (χ3n) is 10.5. The number of carbonyl (C=O) groups is 1. The van der Waals surface area contributed by atoms with Gasteiger partial charge in [-0.15, -0.1) is 0 Å². The molecule has 5 heteroatoms. The van der Waals surface area contributed by atoms with Crippen molar-refractivity contribution in [1.82, 2.24) is 9.78 Å². The van der Waals surface area contributed by atoms with Gasteiger partial charge in [0, 0.05) is 11.3 Å². The lowest BCUT2D eigenvalue weighted by Gasteiger charge is -2.56. The van der Waals surface area contributed by atoms with Crippen LogP contribution in [0.5, 0.6) is 0 Å². The molecule has 8 atom stereocenters. The summed E-state index contributed by atoms with van der Waals surface area (Å²) < 4.78 is 15.3. The maximum Gasteiger partial charge on any atom is 0.157 e. The molecule has 1 unspecified atom stereocenters. The number of aromatic nitrogens is 2. The van der Waals surface area contributed by atoms with Crippen LogP contribution in [0.4, 0.5) is 4.39 Å². The van der Waals surface area contributed by atoms with Crippen LogP contribution < -0.4 is 0 Å². The molecule has 2 aromatic rings. The van der Waals surface area contributed by atoms with Crippen molar-refractivity contribution < 1.29 is 14.3 Å². The standard InChI is InChI=1S/C28H37FN2O2/c1-27(33)11-9-20-17(14-27)3-5-22-21(20)10-12-28(2)23(22)6-7-24(28)26(32)16-31-25-8-4-19(29)13-18(25)15-30-31/h4,8,13,15,17,20-24,33H,3,5-7,9-12,14,16H2,1-2H3/t17-,20+,21-,22?,23+,24-,27-,28+/m1/s1. The first kappa shape index (κ1) is 21.8. The maximum absolute atomic E-state index is 13.6. The number of benzene rings is 1. The lowest BCUT2D eigenvalue weighted by atomic mass is 9.49. The molecule has 6 rings (SSSR count). The zero-order valence-electron chi connectivity index (χ0n) is 20.0. The number of ketones is 1. The summed E-state index contributed by atoms with van der Waals surface area (Å²) in [5.41, 5.74) is 0.463. The van der Waals surface area contributed by atoms with Crippen molar-refractivity contribution in [3.8, 4) is 0 Å². The quantitative estimate of drug-likeness (QED) is 0.644. The van der Waals surface area contributed by atoms with Crippen LogP contribution in [0.25, 0.3) is 10.9 Å². The predicted octanol–water partition coefficient (Wildman–Crippen LogP) is 5.76. The van der Waals surface area contributed by atoms with E-state index in [2.05, 4.69) is 12.0 Å². The van der Waals surface area contributed by atoms with E-state index in [0.29, 0.717) is 17.6 Å². The van der Waals surface area contributed by atoms with Gasteiger partial charge in [0.1, 0.15) is 12.4 Å². The topological polar surface area (TPSA) is 55.1 Å². The number of Topliss-reactive ketones (excluding diaryl/α,β-unsaturated/α-hetero) is 1. The fourth-order valence-corrected chi connectivity index (χ4v) is 9.05. The highest BCUT2D eigenvalue weighted by Gasteiger charge is 2.58. The van der Waals surface area contributed by atoms with Gasteiger partial charge in [0.15, 0.2) is 5.78 Å². The average molecular weight is 453 g/mol. The SMILES string of the molecule is C[C@@]1(O)CC[C@H]2[C@H](CCC3[C@@H]2CC[C@]2(C)[C@@H](C(=O)Cn4ncc5cc(F)ccc54)CC[C@@H]32)C1. The van der Waals surface area contributed by atoms with Crippen LogP contribution in [-0.4, -0.2) is 26.3 Å². The molecule has 1 aromatic carbocycles. The number of halogens is 1. The number of fused-ring (bicyclic) bond motifs is 6. The Bertz CT molecular complexity index is 1080. The smallest absolute Gasteiger partial charge is 0.157 e. The lowest BCUT2D eigenvalue weighted by molar-refractivity contribution is -0.133. The molecule has 0 radical (unpaired) electrons. The minimum absolute atomic E-state index is 0.0975. The second-order valence-corrected chi connectivity index (χ2v) is 12.3. The molecule has 0 spiro atoms. The second-order valence-electron chi connectivity index (χ2n) is 12.3. The molecule has 4 aliphatic rings. The number of aliphatic hydroxyl groups is 1. The van der Waals surface area contributed by atoms with Gasteiger partial charge < -0.3 is 5.11 Å².